The van der Waals surface area contributed by atoms with Crippen molar-refractivity contribution in [2.45, 2.75) is 37.6 Å². The molecule has 1 unspecified atom stereocenters. The van der Waals surface area contributed by atoms with Crippen molar-refractivity contribution in [1.82, 2.24) is 0 Å². The molecule has 5 atom stereocenters. The fraction of sp³-hybridized carbons (Fsp3) is 0.500. The molecule has 0 spiro atoms. The van der Waals surface area contributed by atoms with E-state index >= 15 is 0 Å². The molecular formula is C14H19NO7. The van der Waals surface area contributed by atoms with Gasteiger partial charge in [0.2, 0.25) is 12.2 Å². The molecule has 1 fully saturated rings. The molecule has 2 rings (SSSR count). The van der Waals surface area contributed by atoms with Gasteiger partial charge in [0.15, 0.2) is 0 Å². The Hall–Kier alpha value is -1.71. The molecule has 0 radical (unpaired) electrons. The molecule has 1 aromatic carbocycles. The van der Waals surface area contributed by atoms with Gasteiger partial charge in [-0.1, -0.05) is 0 Å². The third-order valence-corrected chi connectivity index (χ3v) is 3.28. The summed E-state index contributed by atoms with van der Waals surface area (Å²) in [5.41, 5.74) is 0.577. The van der Waals surface area contributed by atoms with Gasteiger partial charge in [0.1, 0.15) is 30.2 Å². The van der Waals surface area contributed by atoms with Crippen molar-refractivity contribution in [3.63, 3.8) is 0 Å². The fourth-order valence-corrected chi connectivity index (χ4v) is 2.12. The molecule has 1 saturated heterocycles. The molecular weight excluding hydrogens is 294 g/mol. The minimum atomic E-state index is -1.49. The first-order chi connectivity index (χ1) is 10.4. The second-order valence-electron chi connectivity index (χ2n) is 5.02. The maximum absolute atomic E-state index is 10.9. The number of carbonyl (C=O) groups is 1. The highest BCUT2D eigenvalue weighted by atomic mass is 16.7. The van der Waals surface area contributed by atoms with Crippen LogP contribution >= 0.6 is 0 Å². The lowest BCUT2D eigenvalue weighted by Crippen LogP contribution is -2.60. The summed E-state index contributed by atoms with van der Waals surface area (Å²) in [5, 5.41) is 40.9. The molecule has 1 aromatic rings. The van der Waals surface area contributed by atoms with E-state index in [-0.39, 0.29) is 5.91 Å². The van der Waals surface area contributed by atoms with Crippen molar-refractivity contribution in [2.75, 3.05) is 11.9 Å². The van der Waals surface area contributed by atoms with Crippen LogP contribution in [0, 0.1) is 0 Å². The van der Waals surface area contributed by atoms with E-state index in [0.717, 1.165) is 0 Å². The third-order valence-electron chi connectivity index (χ3n) is 3.28. The summed E-state index contributed by atoms with van der Waals surface area (Å²) in [6, 6.07) is 6.29. The molecule has 8 nitrogen and oxygen atoms in total. The van der Waals surface area contributed by atoms with Crippen LogP contribution in [0.2, 0.25) is 0 Å². The van der Waals surface area contributed by atoms with Gasteiger partial charge >= 0.3 is 0 Å². The Balaban J connectivity index is 2.04. The van der Waals surface area contributed by atoms with Gasteiger partial charge in [-0.2, -0.15) is 0 Å². The van der Waals surface area contributed by atoms with E-state index in [1.807, 2.05) is 0 Å². The average Bonchev–Trinajstić information content (AvgIpc) is 2.49. The average molecular weight is 313 g/mol. The Kier molecular flexibility index (Phi) is 5.33. The van der Waals surface area contributed by atoms with Crippen LogP contribution in [-0.4, -0.2) is 63.6 Å². The lowest BCUT2D eigenvalue weighted by molar-refractivity contribution is -0.277. The van der Waals surface area contributed by atoms with Gasteiger partial charge in [0, 0.05) is 12.6 Å². The topological polar surface area (TPSA) is 128 Å². The Bertz CT molecular complexity index is 504. The number of anilines is 1. The third kappa shape index (κ3) is 3.73. The normalized spacial score (nSPS) is 31.6. The number of rotatable bonds is 4. The minimum absolute atomic E-state index is 0.206. The van der Waals surface area contributed by atoms with Crippen molar-refractivity contribution in [3.05, 3.63) is 24.3 Å². The monoisotopic (exact) mass is 313 g/mol. The quantitative estimate of drug-likeness (QED) is 0.473. The van der Waals surface area contributed by atoms with Gasteiger partial charge in [-0.3, -0.25) is 4.79 Å². The number of carbonyl (C=O) groups excluding carboxylic acids is 1. The van der Waals surface area contributed by atoms with Gasteiger partial charge in [-0.25, -0.2) is 0 Å². The molecule has 0 aromatic heterocycles. The molecule has 1 aliphatic heterocycles. The lowest BCUT2D eigenvalue weighted by Gasteiger charge is -2.39. The number of hydrogen-bond acceptors (Lipinski definition) is 7. The molecule has 5 N–H and O–H groups in total. The zero-order valence-corrected chi connectivity index (χ0v) is 11.9. The zero-order chi connectivity index (χ0) is 16.3. The Labute approximate surface area is 126 Å². The van der Waals surface area contributed by atoms with E-state index in [1.54, 1.807) is 24.3 Å². The van der Waals surface area contributed by atoms with Gasteiger partial charge in [-0.05, 0) is 24.3 Å². The Morgan fingerprint density at radius 3 is 2.36 bits per heavy atom. The van der Waals surface area contributed by atoms with Gasteiger partial charge in [-0.15, -0.1) is 0 Å². The van der Waals surface area contributed by atoms with E-state index in [2.05, 4.69) is 5.32 Å². The molecule has 1 amide bonds. The molecule has 122 valence electrons. The predicted molar refractivity (Wildman–Crippen MR) is 75.1 cm³/mol. The molecule has 0 saturated carbocycles. The molecule has 0 bridgehead atoms. The smallest absolute Gasteiger partial charge is 0.229 e. The fourth-order valence-electron chi connectivity index (χ4n) is 2.12. The van der Waals surface area contributed by atoms with Crippen molar-refractivity contribution >= 4 is 11.6 Å². The molecule has 8 heteroatoms. The van der Waals surface area contributed by atoms with Crippen LogP contribution < -0.4 is 10.1 Å². The van der Waals surface area contributed by atoms with E-state index in [0.29, 0.717) is 11.4 Å². The molecule has 0 aliphatic carbocycles. The van der Waals surface area contributed by atoms with Gasteiger partial charge < -0.3 is 35.2 Å². The van der Waals surface area contributed by atoms with Crippen LogP contribution in [0.1, 0.15) is 6.92 Å². The summed E-state index contributed by atoms with van der Waals surface area (Å²) in [7, 11) is 0. The van der Waals surface area contributed by atoms with Gasteiger partial charge in [0.05, 0.1) is 6.61 Å². The number of aliphatic hydroxyl groups is 4. The highest BCUT2D eigenvalue weighted by Gasteiger charge is 2.44. The number of nitrogens with one attached hydrogen (secondary N) is 1. The SMILES string of the molecule is CC(=O)Nc1ccc(OC2O[C@H](CO)[C@@H](O)[C@H](O)[C@H]2O)cc1. The standard InChI is InChI=1S/C14H19NO7/c1-7(17)15-8-2-4-9(5-3-8)21-14-13(20)12(19)11(18)10(6-16)22-14/h2-5,10-14,16,18-20H,6H2,1H3,(H,15,17)/t10-,11-,12+,13-,14?/m1/s1. The Morgan fingerprint density at radius 2 is 1.82 bits per heavy atom. The number of aliphatic hydroxyl groups excluding tert-OH is 4. The second kappa shape index (κ2) is 7.03. The first kappa shape index (κ1) is 16.7. The second-order valence-corrected chi connectivity index (χ2v) is 5.02. The molecule has 22 heavy (non-hydrogen) atoms. The van der Waals surface area contributed by atoms with Crippen LogP contribution in [0.25, 0.3) is 0 Å². The molecule has 1 aliphatic rings. The van der Waals surface area contributed by atoms with Crippen molar-refractivity contribution < 1.29 is 34.7 Å². The Morgan fingerprint density at radius 1 is 1.18 bits per heavy atom. The summed E-state index contributed by atoms with van der Waals surface area (Å²) >= 11 is 0. The molecule has 1 heterocycles. The zero-order valence-electron chi connectivity index (χ0n) is 11.9. The number of hydrogen-bond donors (Lipinski definition) is 5. The maximum atomic E-state index is 10.9. The highest BCUT2D eigenvalue weighted by Crippen LogP contribution is 2.25. The van der Waals surface area contributed by atoms with Crippen molar-refractivity contribution in [1.29, 1.82) is 0 Å². The maximum Gasteiger partial charge on any atom is 0.229 e. The number of benzene rings is 1. The number of ether oxygens (including phenoxy) is 2. The van der Waals surface area contributed by atoms with Crippen LogP contribution in [-0.2, 0) is 9.53 Å². The van der Waals surface area contributed by atoms with E-state index in [9.17, 15) is 20.1 Å². The van der Waals surface area contributed by atoms with Gasteiger partial charge in [0.25, 0.3) is 0 Å². The largest absolute Gasteiger partial charge is 0.462 e. The van der Waals surface area contributed by atoms with Crippen LogP contribution in [0.3, 0.4) is 0 Å². The highest BCUT2D eigenvalue weighted by molar-refractivity contribution is 5.88. The van der Waals surface area contributed by atoms with Crippen LogP contribution in [0.15, 0.2) is 24.3 Å². The lowest BCUT2D eigenvalue weighted by atomic mass is 9.99. The van der Waals surface area contributed by atoms with Crippen LogP contribution in [0.4, 0.5) is 5.69 Å². The first-order valence-electron chi connectivity index (χ1n) is 6.77. The van der Waals surface area contributed by atoms with Crippen LogP contribution in [0.5, 0.6) is 5.75 Å². The summed E-state index contributed by atoms with van der Waals surface area (Å²) in [6.07, 6.45) is -6.64. The van der Waals surface area contributed by atoms with Crippen molar-refractivity contribution in [3.8, 4) is 5.75 Å². The first-order valence-corrected chi connectivity index (χ1v) is 6.77. The summed E-state index contributed by atoms with van der Waals surface area (Å²) in [5.74, 6) is 0.126. The van der Waals surface area contributed by atoms with Crippen molar-refractivity contribution in [2.24, 2.45) is 0 Å². The summed E-state index contributed by atoms with van der Waals surface area (Å²) in [6.45, 7) is 0.866. The summed E-state index contributed by atoms with van der Waals surface area (Å²) in [4.78, 5) is 10.9. The van der Waals surface area contributed by atoms with E-state index in [1.165, 1.54) is 6.92 Å². The minimum Gasteiger partial charge on any atom is -0.462 e. The number of amides is 1. The summed E-state index contributed by atoms with van der Waals surface area (Å²) < 4.78 is 10.6. The van der Waals surface area contributed by atoms with E-state index in [4.69, 9.17) is 14.6 Å². The van der Waals surface area contributed by atoms with E-state index < -0.39 is 37.3 Å². The predicted octanol–water partition coefficient (Wildman–Crippen LogP) is -1.18.